The highest BCUT2D eigenvalue weighted by Gasteiger charge is 2.64. The summed E-state index contributed by atoms with van der Waals surface area (Å²) in [5.41, 5.74) is 3.19. The molecule has 1 spiro atoms. The maximum atomic E-state index is 14.5. The van der Waals surface area contributed by atoms with Crippen LogP contribution in [0.4, 0.5) is 11.4 Å². The molecule has 2 amide bonds. The van der Waals surface area contributed by atoms with E-state index in [9.17, 15) is 9.59 Å². The Morgan fingerprint density at radius 1 is 0.946 bits per heavy atom. The molecule has 0 aliphatic carbocycles. The molecule has 6 nitrogen and oxygen atoms in total. The lowest BCUT2D eigenvalue weighted by molar-refractivity contribution is -0.124. The van der Waals surface area contributed by atoms with Gasteiger partial charge in [-0.05, 0) is 87.2 Å². The average molecular weight is 515 g/mol. The van der Waals surface area contributed by atoms with Crippen LogP contribution in [0.1, 0.15) is 51.2 Å². The van der Waals surface area contributed by atoms with Crippen molar-refractivity contribution in [1.82, 2.24) is 0 Å². The maximum Gasteiger partial charge on any atom is 0.269 e. The number of benzene rings is 3. The van der Waals surface area contributed by atoms with Crippen molar-refractivity contribution in [3.05, 3.63) is 77.9 Å². The molecule has 0 saturated carbocycles. The van der Waals surface area contributed by atoms with Gasteiger partial charge in [0.05, 0.1) is 18.0 Å². The number of ether oxygens (including phenoxy) is 2. The molecule has 1 saturated heterocycles. The van der Waals surface area contributed by atoms with Crippen LogP contribution in [0.25, 0.3) is 0 Å². The fourth-order valence-corrected chi connectivity index (χ4v) is 7.42. The first kappa shape index (κ1) is 23.9. The minimum atomic E-state index is -1.17. The van der Waals surface area contributed by atoms with Crippen molar-refractivity contribution in [1.29, 1.82) is 0 Å². The number of rotatable bonds is 5. The molecular formula is C30H30N2O4S. The Balaban J connectivity index is 1.48. The van der Waals surface area contributed by atoms with Crippen molar-refractivity contribution in [2.75, 3.05) is 22.2 Å². The molecule has 3 heterocycles. The topological polar surface area (TPSA) is 59.1 Å². The molecule has 0 bridgehead atoms. The molecule has 0 unspecified atom stereocenters. The molecule has 190 valence electrons. The van der Waals surface area contributed by atoms with Crippen LogP contribution in [0.15, 0.2) is 66.7 Å². The predicted molar refractivity (Wildman–Crippen MR) is 147 cm³/mol. The number of anilines is 2. The monoisotopic (exact) mass is 514 g/mol. The quantitative estimate of drug-likeness (QED) is 0.392. The van der Waals surface area contributed by atoms with Gasteiger partial charge in [-0.2, -0.15) is 0 Å². The van der Waals surface area contributed by atoms with E-state index in [0.29, 0.717) is 18.0 Å². The minimum Gasteiger partial charge on any atom is -0.494 e. The highest BCUT2D eigenvalue weighted by molar-refractivity contribution is 8.02. The third kappa shape index (κ3) is 3.55. The molecular weight excluding hydrogens is 484 g/mol. The Labute approximate surface area is 221 Å². The lowest BCUT2D eigenvalue weighted by Crippen LogP contribution is -2.56. The Hall–Kier alpha value is -3.45. The summed E-state index contributed by atoms with van der Waals surface area (Å²) >= 11 is 1.40. The van der Waals surface area contributed by atoms with Crippen molar-refractivity contribution < 1.29 is 19.1 Å². The van der Waals surface area contributed by atoms with Crippen LogP contribution in [0.5, 0.6) is 17.2 Å². The first-order valence-electron chi connectivity index (χ1n) is 12.7. The number of hydrogen-bond donors (Lipinski definition) is 0. The number of fused-ring (bicyclic) bond motifs is 1. The van der Waals surface area contributed by atoms with Crippen molar-refractivity contribution in [3.63, 3.8) is 0 Å². The van der Waals surface area contributed by atoms with Crippen molar-refractivity contribution >= 4 is 35.0 Å². The summed E-state index contributed by atoms with van der Waals surface area (Å²) in [7, 11) is 0. The predicted octanol–water partition coefficient (Wildman–Crippen LogP) is 6.44. The van der Waals surface area contributed by atoms with E-state index in [2.05, 4.69) is 26.8 Å². The van der Waals surface area contributed by atoms with Gasteiger partial charge in [-0.15, -0.1) is 11.8 Å². The summed E-state index contributed by atoms with van der Waals surface area (Å²) in [5.74, 6) is 2.48. The van der Waals surface area contributed by atoms with Gasteiger partial charge < -0.3 is 14.4 Å². The van der Waals surface area contributed by atoms with Gasteiger partial charge in [0.1, 0.15) is 17.2 Å². The number of carbonyl (C=O) groups excluding carboxylic acids is 2. The molecule has 0 aromatic heterocycles. The zero-order valence-electron chi connectivity index (χ0n) is 21.5. The lowest BCUT2D eigenvalue weighted by Gasteiger charge is -2.44. The Kier molecular flexibility index (Phi) is 5.53. The molecule has 3 aliphatic rings. The largest absolute Gasteiger partial charge is 0.494 e. The van der Waals surface area contributed by atoms with Gasteiger partial charge in [-0.3, -0.25) is 14.5 Å². The fourth-order valence-electron chi connectivity index (χ4n) is 6.10. The summed E-state index contributed by atoms with van der Waals surface area (Å²) in [5, 5.41) is 0. The highest BCUT2D eigenvalue weighted by atomic mass is 32.2. The van der Waals surface area contributed by atoms with Crippen LogP contribution in [0.3, 0.4) is 0 Å². The number of carbonyl (C=O) groups is 2. The third-order valence-corrected chi connectivity index (χ3v) is 8.88. The maximum absolute atomic E-state index is 14.5. The van der Waals surface area contributed by atoms with E-state index in [-0.39, 0.29) is 29.0 Å². The van der Waals surface area contributed by atoms with Crippen LogP contribution in [-0.4, -0.2) is 29.7 Å². The van der Waals surface area contributed by atoms with E-state index >= 15 is 0 Å². The molecule has 3 aromatic carbocycles. The van der Waals surface area contributed by atoms with E-state index in [4.69, 9.17) is 9.47 Å². The van der Waals surface area contributed by atoms with Gasteiger partial charge in [-0.25, -0.2) is 0 Å². The van der Waals surface area contributed by atoms with Gasteiger partial charge in [0.15, 0.2) is 0 Å². The standard InChI is InChI=1S/C30H30N2O4S/c1-5-35-23-15-24-19(2)17-29(3,4)32-27(24)25(16-23)30(28(32)34)31(26(33)18-37-30)20-11-13-22(14-12-20)36-21-9-7-6-8-10-21/h6-16,19H,5,17-18H2,1-4H3/t19-,30-/m0/s1. The summed E-state index contributed by atoms with van der Waals surface area (Å²) in [6.45, 7) is 8.92. The number of hydrogen-bond acceptors (Lipinski definition) is 5. The van der Waals surface area contributed by atoms with Gasteiger partial charge >= 0.3 is 0 Å². The number of para-hydroxylation sites is 1. The van der Waals surface area contributed by atoms with Gasteiger partial charge in [0, 0.05) is 16.8 Å². The molecule has 7 heteroatoms. The molecule has 0 N–H and O–H groups in total. The Morgan fingerprint density at radius 3 is 2.35 bits per heavy atom. The average Bonchev–Trinajstić information content (AvgIpc) is 3.34. The Morgan fingerprint density at radius 2 is 1.65 bits per heavy atom. The van der Waals surface area contributed by atoms with Crippen molar-refractivity contribution in [3.8, 4) is 17.2 Å². The van der Waals surface area contributed by atoms with E-state index in [1.54, 1.807) is 4.90 Å². The molecule has 0 radical (unpaired) electrons. The SMILES string of the molecule is CCOc1cc2c3c(c1)[C@]1(SCC(=O)N1c1ccc(Oc4ccccc4)cc1)C(=O)N3C(C)(C)C[C@@H]2C. The van der Waals surface area contributed by atoms with Gasteiger partial charge in [0.2, 0.25) is 10.8 Å². The number of thioether (sulfide) groups is 1. The van der Waals surface area contributed by atoms with Crippen LogP contribution in [0, 0.1) is 0 Å². The van der Waals surface area contributed by atoms with Crippen LogP contribution in [-0.2, 0) is 14.5 Å². The Bertz CT molecular complexity index is 1390. The fraction of sp³-hybridized carbons (Fsp3) is 0.333. The zero-order chi connectivity index (χ0) is 25.9. The minimum absolute atomic E-state index is 0.0604. The van der Waals surface area contributed by atoms with Crippen LogP contribution in [0.2, 0.25) is 0 Å². The molecule has 1 fully saturated rings. The van der Waals surface area contributed by atoms with E-state index in [0.717, 1.165) is 34.7 Å². The molecule has 37 heavy (non-hydrogen) atoms. The molecule has 6 rings (SSSR count). The van der Waals surface area contributed by atoms with Crippen LogP contribution < -0.4 is 19.3 Å². The lowest BCUT2D eigenvalue weighted by atomic mass is 9.80. The summed E-state index contributed by atoms with van der Waals surface area (Å²) in [6, 6.07) is 21.0. The smallest absolute Gasteiger partial charge is 0.269 e. The van der Waals surface area contributed by atoms with Gasteiger partial charge in [-0.1, -0.05) is 25.1 Å². The van der Waals surface area contributed by atoms with Crippen molar-refractivity contribution in [2.45, 2.75) is 50.4 Å². The second-order valence-corrected chi connectivity index (χ2v) is 11.6. The normalized spacial score (nSPS) is 23.5. The van der Waals surface area contributed by atoms with Crippen LogP contribution >= 0.6 is 11.8 Å². The number of nitrogens with zero attached hydrogens (tertiary/aromatic N) is 2. The second kappa shape index (κ2) is 8.55. The van der Waals surface area contributed by atoms with E-state index in [1.807, 2.05) is 72.5 Å². The van der Waals surface area contributed by atoms with Gasteiger partial charge in [0.25, 0.3) is 5.91 Å². The second-order valence-electron chi connectivity index (χ2n) is 10.5. The summed E-state index contributed by atoms with van der Waals surface area (Å²) in [6.07, 6.45) is 0.834. The molecule has 3 aromatic rings. The third-order valence-electron chi connectivity index (χ3n) is 7.49. The summed E-state index contributed by atoms with van der Waals surface area (Å²) < 4.78 is 11.9. The highest BCUT2D eigenvalue weighted by Crippen LogP contribution is 2.62. The number of amides is 2. The van der Waals surface area contributed by atoms with E-state index < -0.39 is 4.87 Å². The first-order valence-corrected chi connectivity index (χ1v) is 13.7. The molecule has 2 atom stereocenters. The van der Waals surface area contributed by atoms with E-state index in [1.165, 1.54) is 11.8 Å². The van der Waals surface area contributed by atoms with Crippen molar-refractivity contribution in [2.24, 2.45) is 0 Å². The zero-order valence-corrected chi connectivity index (χ0v) is 22.3. The summed E-state index contributed by atoms with van der Waals surface area (Å²) in [4.78, 5) is 30.4. The first-order chi connectivity index (χ1) is 17.8. The molecule has 3 aliphatic heterocycles.